The van der Waals surface area contributed by atoms with E-state index in [1.807, 2.05) is 20.8 Å². The molecule has 0 amide bonds. The molecule has 0 radical (unpaired) electrons. The summed E-state index contributed by atoms with van der Waals surface area (Å²) in [6.07, 6.45) is -0.0698. The molecule has 1 nitrogen and oxygen atoms in total. The van der Waals surface area contributed by atoms with E-state index in [4.69, 9.17) is 0 Å². The van der Waals surface area contributed by atoms with E-state index >= 15 is 0 Å². The second kappa shape index (κ2) is 5.44. The van der Waals surface area contributed by atoms with Gasteiger partial charge in [-0.05, 0) is 46.3 Å². The van der Waals surface area contributed by atoms with Crippen molar-refractivity contribution >= 4 is 15.9 Å². The van der Waals surface area contributed by atoms with E-state index in [-0.39, 0.29) is 15.5 Å². The molecule has 0 spiro atoms. The monoisotopic (exact) mass is 306 g/mol. The fourth-order valence-electron chi connectivity index (χ4n) is 1.56. The van der Waals surface area contributed by atoms with E-state index in [2.05, 4.69) is 15.9 Å². The van der Waals surface area contributed by atoms with E-state index in [0.29, 0.717) is 12.8 Å². The van der Waals surface area contributed by atoms with Crippen LogP contribution < -0.4 is 0 Å². The van der Waals surface area contributed by atoms with E-state index in [0.717, 1.165) is 6.07 Å². The maximum absolute atomic E-state index is 13.7. The lowest BCUT2D eigenvalue weighted by Gasteiger charge is -2.21. The molecule has 0 heterocycles. The van der Waals surface area contributed by atoms with Gasteiger partial charge >= 0.3 is 0 Å². The molecule has 4 heteroatoms. The van der Waals surface area contributed by atoms with Crippen LogP contribution in [0.1, 0.15) is 45.3 Å². The number of rotatable bonds is 3. The fraction of sp³-hybridized carbons (Fsp3) is 0.538. The van der Waals surface area contributed by atoms with Crippen LogP contribution in [0.15, 0.2) is 16.6 Å². The minimum Gasteiger partial charge on any atom is -0.388 e. The summed E-state index contributed by atoms with van der Waals surface area (Å²) >= 11 is 2.99. The zero-order valence-corrected chi connectivity index (χ0v) is 11.8. The number of aliphatic hydroxyl groups excluding tert-OH is 1. The molecule has 0 saturated heterocycles. The van der Waals surface area contributed by atoms with Crippen molar-refractivity contribution in [2.24, 2.45) is 5.41 Å². The molecule has 0 bridgehead atoms. The maximum atomic E-state index is 13.7. The van der Waals surface area contributed by atoms with Gasteiger partial charge in [-0.25, -0.2) is 8.78 Å². The quantitative estimate of drug-likeness (QED) is 0.810. The molecular formula is C13H17BrF2O. The highest BCUT2D eigenvalue weighted by Crippen LogP contribution is 2.32. The predicted octanol–water partition coefficient (Wildman–Crippen LogP) is 4.59. The highest BCUT2D eigenvalue weighted by molar-refractivity contribution is 9.10. The van der Waals surface area contributed by atoms with Crippen LogP contribution >= 0.6 is 15.9 Å². The zero-order chi connectivity index (χ0) is 13.2. The number of benzene rings is 1. The minimum absolute atomic E-state index is 0.0277. The van der Waals surface area contributed by atoms with E-state index in [1.165, 1.54) is 6.07 Å². The summed E-state index contributed by atoms with van der Waals surface area (Å²) in [6.45, 7) is 6.06. The van der Waals surface area contributed by atoms with Gasteiger partial charge in [-0.2, -0.15) is 0 Å². The van der Waals surface area contributed by atoms with Gasteiger partial charge in [-0.1, -0.05) is 20.8 Å². The van der Waals surface area contributed by atoms with Crippen molar-refractivity contribution in [3.8, 4) is 0 Å². The Morgan fingerprint density at radius 1 is 1.29 bits per heavy atom. The molecule has 96 valence electrons. The van der Waals surface area contributed by atoms with Crippen molar-refractivity contribution in [1.29, 1.82) is 0 Å². The number of aliphatic hydroxyl groups is 1. The topological polar surface area (TPSA) is 20.2 Å². The first kappa shape index (κ1) is 14.6. The van der Waals surface area contributed by atoms with Gasteiger partial charge in [0.25, 0.3) is 0 Å². The Labute approximate surface area is 109 Å². The van der Waals surface area contributed by atoms with Crippen molar-refractivity contribution in [3.05, 3.63) is 33.8 Å². The molecule has 17 heavy (non-hydrogen) atoms. The van der Waals surface area contributed by atoms with Gasteiger partial charge in [0.15, 0.2) is 0 Å². The van der Waals surface area contributed by atoms with Crippen LogP contribution in [0.4, 0.5) is 8.78 Å². The first-order valence-corrected chi connectivity index (χ1v) is 6.33. The van der Waals surface area contributed by atoms with Gasteiger partial charge in [0.2, 0.25) is 0 Å². The van der Waals surface area contributed by atoms with Gasteiger partial charge in [0.05, 0.1) is 16.1 Å². The third-order valence-electron chi connectivity index (χ3n) is 2.58. The Hall–Kier alpha value is -0.480. The lowest BCUT2D eigenvalue weighted by Crippen LogP contribution is -2.10. The molecule has 0 aliphatic carbocycles. The minimum atomic E-state index is -1.10. The van der Waals surface area contributed by atoms with Crippen LogP contribution in [-0.2, 0) is 0 Å². The summed E-state index contributed by atoms with van der Waals surface area (Å²) in [5, 5.41) is 9.87. The molecule has 1 atom stereocenters. The third-order valence-corrected chi connectivity index (χ3v) is 3.19. The first-order chi connectivity index (χ1) is 7.72. The summed E-state index contributed by atoms with van der Waals surface area (Å²) in [4.78, 5) is 0. The standard InChI is InChI=1S/C13H17BrF2O/c1-13(2,3)7-6-10(17)11-9(15)5-4-8(14)12(11)16/h4-5,10,17H,6-7H2,1-3H3. The molecule has 0 fully saturated rings. The average molecular weight is 307 g/mol. The van der Waals surface area contributed by atoms with Crippen molar-refractivity contribution in [2.75, 3.05) is 0 Å². The Morgan fingerprint density at radius 2 is 1.88 bits per heavy atom. The highest BCUT2D eigenvalue weighted by atomic mass is 79.9. The Bertz CT molecular complexity index is 399. The summed E-state index contributed by atoms with van der Waals surface area (Å²) in [5.41, 5.74) is -0.219. The molecule has 0 aromatic heterocycles. The van der Waals surface area contributed by atoms with Crippen molar-refractivity contribution in [1.82, 2.24) is 0 Å². The molecule has 1 N–H and O–H groups in total. The third kappa shape index (κ3) is 4.03. The van der Waals surface area contributed by atoms with Gasteiger partial charge in [0.1, 0.15) is 11.6 Å². The largest absolute Gasteiger partial charge is 0.388 e. The highest BCUT2D eigenvalue weighted by Gasteiger charge is 2.22. The van der Waals surface area contributed by atoms with Crippen LogP contribution in [-0.4, -0.2) is 5.11 Å². The summed E-state index contributed by atoms with van der Waals surface area (Å²) in [5.74, 6) is -1.42. The first-order valence-electron chi connectivity index (χ1n) is 5.54. The second-order valence-electron chi connectivity index (χ2n) is 5.37. The van der Waals surface area contributed by atoms with Crippen molar-refractivity contribution < 1.29 is 13.9 Å². The summed E-state index contributed by atoms with van der Waals surface area (Å²) < 4.78 is 27.3. The van der Waals surface area contributed by atoms with Gasteiger partial charge in [-0.3, -0.25) is 0 Å². The molecule has 1 rings (SSSR count). The average Bonchev–Trinajstić information content (AvgIpc) is 2.20. The molecule has 1 unspecified atom stereocenters. The van der Waals surface area contributed by atoms with Crippen LogP contribution in [0.3, 0.4) is 0 Å². The SMILES string of the molecule is CC(C)(C)CCC(O)c1c(F)ccc(Br)c1F. The number of hydrogen-bond donors (Lipinski definition) is 1. The number of hydrogen-bond acceptors (Lipinski definition) is 1. The van der Waals surface area contributed by atoms with E-state index < -0.39 is 17.7 Å². The van der Waals surface area contributed by atoms with Crippen LogP contribution in [0.5, 0.6) is 0 Å². The van der Waals surface area contributed by atoms with Crippen molar-refractivity contribution in [3.63, 3.8) is 0 Å². The van der Waals surface area contributed by atoms with E-state index in [9.17, 15) is 13.9 Å². The lowest BCUT2D eigenvalue weighted by molar-refractivity contribution is 0.139. The Morgan fingerprint density at radius 3 is 2.41 bits per heavy atom. The zero-order valence-electron chi connectivity index (χ0n) is 10.2. The smallest absolute Gasteiger partial charge is 0.146 e. The fourth-order valence-corrected chi connectivity index (χ4v) is 1.91. The van der Waals surface area contributed by atoms with E-state index in [1.54, 1.807) is 0 Å². The molecule has 0 saturated carbocycles. The van der Waals surface area contributed by atoms with Crippen molar-refractivity contribution in [2.45, 2.75) is 39.7 Å². The van der Waals surface area contributed by atoms with Crippen LogP contribution in [0.25, 0.3) is 0 Å². The Balaban J connectivity index is 2.89. The predicted molar refractivity (Wildman–Crippen MR) is 67.7 cm³/mol. The summed E-state index contributed by atoms with van der Waals surface area (Å²) in [7, 11) is 0. The van der Waals surface area contributed by atoms with Crippen LogP contribution in [0, 0.1) is 17.0 Å². The molecular weight excluding hydrogens is 290 g/mol. The number of halogens is 3. The summed E-state index contributed by atoms with van der Waals surface area (Å²) in [6, 6.07) is 2.45. The van der Waals surface area contributed by atoms with Crippen LogP contribution in [0.2, 0.25) is 0 Å². The lowest BCUT2D eigenvalue weighted by atomic mass is 9.88. The Kier molecular flexibility index (Phi) is 4.67. The normalized spacial score (nSPS) is 13.8. The molecule has 0 aliphatic heterocycles. The molecule has 0 aliphatic rings. The molecule has 1 aromatic rings. The maximum Gasteiger partial charge on any atom is 0.146 e. The molecule has 1 aromatic carbocycles. The van der Waals surface area contributed by atoms with Gasteiger partial charge < -0.3 is 5.11 Å². The van der Waals surface area contributed by atoms with Gasteiger partial charge in [0, 0.05) is 0 Å². The van der Waals surface area contributed by atoms with Gasteiger partial charge in [-0.15, -0.1) is 0 Å². The second-order valence-corrected chi connectivity index (χ2v) is 6.23.